The van der Waals surface area contributed by atoms with Gasteiger partial charge in [-0.3, -0.25) is 24.3 Å². The first-order valence-corrected chi connectivity index (χ1v) is 14.7. The van der Waals surface area contributed by atoms with Crippen LogP contribution < -0.4 is 15.4 Å². The Hall–Kier alpha value is -4.71. The van der Waals surface area contributed by atoms with Gasteiger partial charge in [-0.15, -0.1) is 0 Å². The van der Waals surface area contributed by atoms with Crippen LogP contribution in [0, 0.1) is 6.92 Å². The van der Waals surface area contributed by atoms with Crippen molar-refractivity contribution in [1.82, 2.24) is 34.8 Å². The predicted molar refractivity (Wildman–Crippen MR) is 164 cm³/mol. The van der Waals surface area contributed by atoms with Crippen LogP contribution in [-0.4, -0.2) is 85.3 Å². The van der Waals surface area contributed by atoms with Gasteiger partial charge in [-0.25, -0.2) is 4.98 Å². The molecule has 1 aromatic carbocycles. The van der Waals surface area contributed by atoms with E-state index in [0.717, 1.165) is 37.0 Å². The lowest BCUT2D eigenvalue weighted by molar-refractivity contribution is -0.127. The fourth-order valence-corrected chi connectivity index (χ4v) is 5.30. The zero-order valence-corrected chi connectivity index (χ0v) is 24.7. The van der Waals surface area contributed by atoms with Gasteiger partial charge in [0.15, 0.2) is 17.3 Å². The second-order valence-corrected chi connectivity index (χ2v) is 11.3. The van der Waals surface area contributed by atoms with E-state index in [9.17, 15) is 9.59 Å². The third kappa shape index (κ3) is 6.69. The van der Waals surface area contributed by atoms with Crippen molar-refractivity contribution in [1.29, 1.82) is 0 Å². The zero-order chi connectivity index (χ0) is 29.9. The number of amides is 2. The summed E-state index contributed by atoms with van der Waals surface area (Å²) in [6.07, 6.45) is 9.65. The molecule has 4 heterocycles. The molecule has 0 spiro atoms. The molecule has 0 bridgehead atoms. The largest absolute Gasteiger partial charge is 0.456 e. The van der Waals surface area contributed by atoms with Crippen LogP contribution in [0.1, 0.15) is 41.7 Å². The standard InChI is InChI=1S/C31H37N9O3/c1-20-18-26(37-39(20)3)34-31(42)21-8-12-24(13-9-21)43-25-14-15-32-29-28(25)30(36-35-29)33-22-6-4-17-40(19-22)27(41)7-5-16-38(2)23-10-11-23/h5,7-9,12-15,18,22-23H,4,6,10-11,16-17,19H2,1-3H3,(H,34,37,42)(H2,32,33,35,36)/t22-/m1/s1. The summed E-state index contributed by atoms with van der Waals surface area (Å²) in [5.41, 5.74) is 2.03. The normalized spacial score (nSPS) is 17.1. The van der Waals surface area contributed by atoms with Crippen LogP contribution in [0.15, 0.2) is 54.7 Å². The van der Waals surface area contributed by atoms with Gasteiger partial charge in [0, 0.05) is 74.4 Å². The van der Waals surface area contributed by atoms with Crippen LogP contribution in [0.2, 0.25) is 0 Å². The summed E-state index contributed by atoms with van der Waals surface area (Å²) in [7, 11) is 3.93. The number of piperidine rings is 1. The molecule has 12 heteroatoms. The van der Waals surface area contributed by atoms with Gasteiger partial charge in [0.2, 0.25) is 5.91 Å². The second kappa shape index (κ2) is 12.3. The number of benzene rings is 1. The smallest absolute Gasteiger partial charge is 0.256 e. The monoisotopic (exact) mass is 583 g/mol. The summed E-state index contributed by atoms with van der Waals surface area (Å²) in [5, 5.41) is 18.8. The molecular formula is C31H37N9O3. The van der Waals surface area contributed by atoms with Gasteiger partial charge in [-0.2, -0.15) is 10.2 Å². The molecule has 43 heavy (non-hydrogen) atoms. The lowest BCUT2D eigenvalue weighted by Crippen LogP contribution is -2.44. The van der Waals surface area contributed by atoms with E-state index in [1.54, 1.807) is 47.3 Å². The lowest BCUT2D eigenvalue weighted by Gasteiger charge is -2.32. The van der Waals surface area contributed by atoms with Crippen LogP contribution in [0.25, 0.3) is 11.0 Å². The summed E-state index contributed by atoms with van der Waals surface area (Å²) in [5.74, 6) is 2.06. The first-order chi connectivity index (χ1) is 20.8. The number of fused-ring (bicyclic) bond motifs is 1. The van der Waals surface area contributed by atoms with Crippen molar-refractivity contribution in [3.8, 4) is 11.5 Å². The molecule has 1 aliphatic heterocycles. The number of H-pyrrole nitrogens is 1. The number of nitrogens with zero attached hydrogens (tertiary/aromatic N) is 6. The van der Waals surface area contributed by atoms with E-state index in [4.69, 9.17) is 4.74 Å². The molecule has 0 unspecified atom stereocenters. The number of rotatable bonds is 10. The molecule has 1 atom stereocenters. The van der Waals surface area contributed by atoms with Gasteiger partial charge in [0.05, 0.1) is 0 Å². The van der Waals surface area contributed by atoms with E-state index in [0.29, 0.717) is 46.9 Å². The Labute approximate surface area is 250 Å². The van der Waals surface area contributed by atoms with Crippen molar-refractivity contribution in [2.75, 3.05) is 37.3 Å². The fourth-order valence-electron chi connectivity index (χ4n) is 5.30. The predicted octanol–water partition coefficient (Wildman–Crippen LogP) is 4.10. The number of nitrogens with one attached hydrogen (secondary N) is 3. The molecule has 6 rings (SSSR count). The number of hydrogen-bond donors (Lipinski definition) is 3. The first kappa shape index (κ1) is 28.4. The molecule has 2 amide bonds. The molecule has 4 aromatic rings. The second-order valence-electron chi connectivity index (χ2n) is 11.3. The van der Waals surface area contributed by atoms with Gasteiger partial charge >= 0.3 is 0 Å². The Bertz CT molecular complexity index is 1620. The van der Waals surface area contributed by atoms with E-state index in [1.165, 1.54) is 12.8 Å². The Morgan fingerprint density at radius 3 is 2.74 bits per heavy atom. The van der Waals surface area contributed by atoms with Crippen LogP contribution in [0.5, 0.6) is 11.5 Å². The Kier molecular flexibility index (Phi) is 8.10. The van der Waals surface area contributed by atoms with Crippen LogP contribution in [-0.2, 0) is 11.8 Å². The number of pyridine rings is 1. The molecule has 3 aromatic heterocycles. The van der Waals surface area contributed by atoms with Crippen molar-refractivity contribution in [2.24, 2.45) is 7.05 Å². The molecule has 2 fully saturated rings. The number of aryl methyl sites for hydroxylation is 2. The number of carbonyl (C=O) groups excluding carboxylic acids is 2. The van der Waals surface area contributed by atoms with E-state index in [-0.39, 0.29) is 17.9 Å². The van der Waals surface area contributed by atoms with E-state index >= 15 is 0 Å². The molecule has 1 saturated heterocycles. The maximum atomic E-state index is 12.9. The molecule has 2 aliphatic rings. The zero-order valence-electron chi connectivity index (χ0n) is 24.7. The molecular weight excluding hydrogens is 546 g/mol. The van der Waals surface area contributed by atoms with Crippen molar-refractivity contribution in [2.45, 2.75) is 44.7 Å². The number of likely N-dealkylation sites (tertiary alicyclic amines) is 1. The highest BCUT2D eigenvalue weighted by molar-refractivity contribution is 6.03. The minimum atomic E-state index is -0.252. The highest BCUT2D eigenvalue weighted by Crippen LogP contribution is 2.33. The minimum absolute atomic E-state index is 0.0421. The van der Waals surface area contributed by atoms with Crippen molar-refractivity contribution in [3.63, 3.8) is 0 Å². The van der Waals surface area contributed by atoms with Crippen molar-refractivity contribution >= 4 is 34.5 Å². The average Bonchev–Trinajstić information content (AvgIpc) is 3.71. The topological polar surface area (TPSA) is 133 Å². The van der Waals surface area contributed by atoms with E-state index in [1.807, 2.05) is 31.0 Å². The Morgan fingerprint density at radius 2 is 2.00 bits per heavy atom. The Morgan fingerprint density at radius 1 is 1.19 bits per heavy atom. The Balaban J connectivity index is 1.10. The van der Waals surface area contributed by atoms with Crippen LogP contribution in [0.3, 0.4) is 0 Å². The highest BCUT2D eigenvalue weighted by atomic mass is 16.5. The quantitative estimate of drug-likeness (QED) is 0.238. The number of hydrogen-bond acceptors (Lipinski definition) is 8. The fraction of sp³-hybridized carbons (Fsp3) is 0.387. The molecule has 1 saturated carbocycles. The lowest BCUT2D eigenvalue weighted by atomic mass is 10.1. The highest BCUT2D eigenvalue weighted by Gasteiger charge is 2.26. The number of carbonyl (C=O) groups is 2. The third-order valence-corrected chi connectivity index (χ3v) is 8.02. The minimum Gasteiger partial charge on any atom is -0.456 e. The van der Waals surface area contributed by atoms with Gasteiger partial charge in [0.1, 0.15) is 16.9 Å². The number of ether oxygens (including phenoxy) is 1. The first-order valence-electron chi connectivity index (χ1n) is 14.7. The van der Waals surface area contributed by atoms with E-state index in [2.05, 4.69) is 42.9 Å². The maximum absolute atomic E-state index is 12.9. The summed E-state index contributed by atoms with van der Waals surface area (Å²) >= 11 is 0. The summed E-state index contributed by atoms with van der Waals surface area (Å²) in [6.45, 7) is 4.05. The maximum Gasteiger partial charge on any atom is 0.256 e. The van der Waals surface area contributed by atoms with Gasteiger partial charge in [-0.05, 0) is 63.9 Å². The van der Waals surface area contributed by atoms with Gasteiger partial charge < -0.3 is 20.3 Å². The number of aromatic nitrogens is 5. The number of anilines is 2. The summed E-state index contributed by atoms with van der Waals surface area (Å²) in [4.78, 5) is 34.2. The number of likely N-dealkylation sites (N-methyl/N-ethyl adjacent to an activating group) is 1. The van der Waals surface area contributed by atoms with Gasteiger partial charge in [0.25, 0.3) is 5.91 Å². The number of aromatic amines is 1. The van der Waals surface area contributed by atoms with Crippen LogP contribution >= 0.6 is 0 Å². The van der Waals surface area contributed by atoms with Crippen molar-refractivity contribution < 1.29 is 14.3 Å². The van der Waals surface area contributed by atoms with Gasteiger partial charge in [-0.1, -0.05) is 6.08 Å². The summed E-state index contributed by atoms with van der Waals surface area (Å²) in [6, 6.07) is 11.2. The molecule has 0 radical (unpaired) electrons. The SMILES string of the molecule is Cc1cc(NC(=O)c2ccc(Oc3ccnc4[nH]nc(N[C@@H]5CCCN(C(=O)C=CCN(C)C6CC6)C5)c34)cc2)nn1C. The average molecular weight is 584 g/mol. The molecule has 1 aliphatic carbocycles. The molecule has 224 valence electrons. The molecule has 12 nitrogen and oxygen atoms in total. The van der Waals surface area contributed by atoms with E-state index < -0.39 is 0 Å². The van der Waals surface area contributed by atoms with Crippen LogP contribution in [0.4, 0.5) is 11.6 Å². The van der Waals surface area contributed by atoms with Crippen molar-refractivity contribution in [3.05, 3.63) is 66.0 Å². The summed E-state index contributed by atoms with van der Waals surface area (Å²) < 4.78 is 7.94. The molecule has 3 N–H and O–H groups in total. The third-order valence-electron chi connectivity index (χ3n) is 8.02.